The predicted molar refractivity (Wildman–Crippen MR) is 44.8 cm³/mol. The fourth-order valence-corrected chi connectivity index (χ4v) is 0.765. The molecule has 1 aliphatic rings. The summed E-state index contributed by atoms with van der Waals surface area (Å²) in [6, 6.07) is 0. The van der Waals surface area contributed by atoms with Gasteiger partial charge in [0.25, 0.3) is 0 Å². The Bertz CT molecular complexity index is 37.3. The van der Waals surface area contributed by atoms with Crippen LogP contribution in [0.5, 0.6) is 0 Å². The van der Waals surface area contributed by atoms with Gasteiger partial charge in [-0.15, -0.1) is 12.4 Å². The van der Waals surface area contributed by atoms with Crippen molar-refractivity contribution in [1.29, 1.82) is 0 Å². The maximum Gasteiger partial charge on any atom is 0.00767 e. The van der Waals surface area contributed by atoms with Crippen molar-refractivity contribution in [2.75, 3.05) is 26.2 Å². The summed E-state index contributed by atoms with van der Waals surface area (Å²) in [5.41, 5.74) is 0. The van der Waals surface area contributed by atoms with Crippen LogP contribution in [0.2, 0.25) is 0 Å². The highest BCUT2D eigenvalue weighted by molar-refractivity contribution is 5.85. The zero-order chi connectivity index (χ0) is 4.95. The van der Waals surface area contributed by atoms with E-state index in [0.717, 1.165) is 13.1 Å². The summed E-state index contributed by atoms with van der Waals surface area (Å²) in [5.74, 6) is 0. The molecule has 4 nitrogen and oxygen atoms in total. The maximum atomic E-state index is 3.28. The van der Waals surface area contributed by atoms with Gasteiger partial charge in [-0.25, -0.2) is 0 Å². The molecule has 0 saturated carbocycles. The molecule has 0 aliphatic carbocycles. The quantitative estimate of drug-likeness (QED) is 0.458. The molecule has 0 radical (unpaired) electrons. The molecule has 0 bridgehead atoms. The first kappa shape index (κ1) is 16.6. The van der Waals surface area contributed by atoms with Gasteiger partial charge in [0.2, 0.25) is 0 Å². The molecular formula is C5H17ClN2O2. The van der Waals surface area contributed by atoms with Crippen molar-refractivity contribution in [2.45, 2.75) is 6.42 Å². The lowest BCUT2D eigenvalue weighted by atomic mass is 10.4. The van der Waals surface area contributed by atoms with Crippen LogP contribution in [-0.4, -0.2) is 37.1 Å². The Kier molecular flexibility index (Phi) is 19.7. The van der Waals surface area contributed by atoms with Crippen LogP contribution in [0.25, 0.3) is 0 Å². The second-order valence-electron chi connectivity index (χ2n) is 1.85. The van der Waals surface area contributed by atoms with E-state index in [1.807, 2.05) is 0 Å². The minimum Gasteiger partial charge on any atom is -0.412 e. The first-order chi connectivity index (χ1) is 3.50. The van der Waals surface area contributed by atoms with E-state index >= 15 is 0 Å². The molecule has 1 rings (SSSR count). The van der Waals surface area contributed by atoms with Crippen LogP contribution in [0.15, 0.2) is 0 Å². The van der Waals surface area contributed by atoms with Gasteiger partial charge >= 0.3 is 0 Å². The molecule has 0 amide bonds. The van der Waals surface area contributed by atoms with Crippen LogP contribution in [0.1, 0.15) is 6.42 Å². The van der Waals surface area contributed by atoms with Crippen LogP contribution in [0.3, 0.4) is 0 Å². The molecule has 1 aliphatic heterocycles. The summed E-state index contributed by atoms with van der Waals surface area (Å²) in [4.78, 5) is 0. The predicted octanol–water partition coefficient (Wildman–Crippen LogP) is -1.66. The molecule has 0 aromatic rings. The Hall–Kier alpha value is 0.130. The molecule has 0 aromatic carbocycles. The molecule has 6 N–H and O–H groups in total. The summed E-state index contributed by atoms with van der Waals surface area (Å²) < 4.78 is 0. The van der Waals surface area contributed by atoms with Gasteiger partial charge in [0, 0.05) is 13.1 Å². The van der Waals surface area contributed by atoms with Crippen LogP contribution < -0.4 is 10.6 Å². The minimum absolute atomic E-state index is 0. The molecule has 0 aromatic heterocycles. The number of hydrogen-bond acceptors (Lipinski definition) is 2. The largest absolute Gasteiger partial charge is 0.412 e. The van der Waals surface area contributed by atoms with E-state index in [0.29, 0.717) is 0 Å². The highest BCUT2D eigenvalue weighted by atomic mass is 35.5. The van der Waals surface area contributed by atoms with Crippen LogP contribution in [0, 0.1) is 0 Å². The van der Waals surface area contributed by atoms with Crippen LogP contribution in [0.4, 0.5) is 0 Å². The molecule has 1 heterocycles. The molecule has 0 atom stereocenters. The first-order valence-corrected chi connectivity index (χ1v) is 2.91. The van der Waals surface area contributed by atoms with Crippen molar-refractivity contribution in [3.63, 3.8) is 0 Å². The van der Waals surface area contributed by atoms with Gasteiger partial charge < -0.3 is 21.6 Å². The Labute approximate surface area is 67.4 Å². The van der Waals surface area contributed by atoms with Crippen molar-refractivity contribution in [3.05, 3.63) is 0 Å². The van der Waals surface area contributed by atoms with Crippen molar-refractivity contribution in [2.24, 2.45) is 0 Å². The first-order valence-electron chi connectivity index (χ1n) is 2.91. The lowest BCUT2D eigenvalue weighted by Gasteiger charge is -1.92. The average molecular weight is 173 g/mol. The highest BCUT2D eigenvalue weighted by Gasteiger charge is 1.92. The Morgan fingerprint density at radius 1 is 0.700 bits per heavy atom. The third-order valence-electron chi connectivity index (χ3n) is 1.19. The smallest absolute Gasteiger partial charge is 0.00767 e. The normalized spacial score (nSPS) is 16.8. The van der Waals surface area contributed by atoms with E-state index < -0.39 is 0 Å². The van der Waals surface area contributed by atoms with Gasteiger partial charge in [-0.2, -0.15) is 0 Å². The molecule has 66 valence electrons. The van der Waals surface area contributed by atoms with Crippen molar-refractivity contribution < 1.29 is 11.0 Å². The van der Waals surface area contributed by atoms with Gasteiger partial charge in [-0.3, -0.25) is 0 Å². The Balaban J connectivity index is -0.000000163. The van der Waals surface area contributed by atoms with E-state index in [1.165, 1.54) is 19.5 Å². The summed E-state index contributed by atoms with van der Waals surface area (Å²) in [7, 11) is 0. The second kappa shape index (κ2) is 11.9. The SMILES string of the molecule is C1CNCCNC1.Cl.O.O. The molecule has 10 heavy (non-hydrogen) atoms. The number of halogens is 1. The van der Waals surface area contributed by atoms with Crippen LogP contribution >= 0.6 is 12.4 Å². The van der Waals surface area contributed by atoms with Gasteiger partial charge in [-0.1, -0.05) is 0 Å². The van der Waals surface area contributed by atoms with E-state index in [2.05, 4.69) is 10.6 Å². The zero-order valence-electron chi connectivity index (χ0n) is 5.94. The summed E-state index contributed by atoms with van der Waals surface area (Å²) in [6.07, 6.45) is 1.28. The summed E-state index contributed by atoms with van der Waals surface area (Å²) in [5, 5.41) is 6.57. The lowest BCUT2D eigenvalue weighted by Crippen LogP contribution is -2.21. The fraction of sp³-hybridized carbons (Fsp3) is 1.00. The lowest BCUT2D eigenvalue weighted by molar-refractivity contribution is 0.718. The number of hydrogen-bond donors (Lipinski definition) is 2. The zero-order valence-corrected chi connectivity index (χ0v) is 6.76. The minimum atomic E-state index is 0. The topological polar surface area (TPSA) is 87.1 Å². The molecule has 1 saturated heterocycles. The standard InChI is InChI=1S/C5H12N2.ClH.2H2O/c1-2-6-4-5-7-3-1;;;/h6-7H,1-5H2;1H;2*1H2. The average Bonchev–Trinajstić information content (AvgIpc) is 1.90. The third-order valence-corrected chi connectivity index (χ3v) is 1.19. The van der Waals surface area contributed by atoms with E-state index in [1.54, 1.807) is 0 Å². The van der Waals surface area contributed by atoms with Gasteiger partial charge in [0.15, 0.2) is 0 Å². The number of rotatable bonds is 0. The van der Waals surface area contributed by atoms with Gasteiger partial charge in [0.05, 0.1) is 0 Å². The highest BCUT2D eigenvalue weighted by Crippen LogP contribution is 1.75. The van der Waals surface area contributed by atoms with Crippen LogP contribution in [-0.2, 0) is 0 Å². The number of nitrogens with one attached hydrogen (secondary N) is 2. The van der Waals surface area contributed by atoms with Gasteiger partial charge in [0.1, 0.15) is 0 Å². The molecule has 5 heteroatoms. The third kappa shape index (κ3) is 8.13. The maximum absolute atomic E-state index is 3.28. The summed E-state index contributed by atoms with van der Waals surface area (Å²) in [6.45, 7) is 4.65. The summed E-state index contributed by atoms with van der Waals surface area (Å²) >= 11 is 0. The Morgan fingerprint density at radius 2 is 1.10 bits per heavy atom. The van der Waals surface area contributed by atoms with E-state index in [4.69, 9.17) is 0 Å². The molecule has 1 fully saturated rings. The monoisotopic (exact) mass is 172 g/mol. The van der Waals surface area contributed by atoms with Gasteiger partial charge in [-0.05, 0) is 19.5 Å². The van der Waals surface area contributed by atoms with Crippen molar-refractivity contribution in [3.8, 4) is 0 Å². The molecule has 0 unspecified atom stereocenters. The Morgan fingerprint density at radius 3 is 1.50 bits per heavy atom. The van der Waals surface area contributed by atoms with Crippen molar-refractivity contribution in [1.82, 2.24) is 10.6 Å². The van der Waals surface area contributed by atoms with E-state index in [9.17, 15) is 0 Å². The second-order valence-corrected chi connectivity index (χ2v) is 1.85. The molecule has 0 spiro atoms. The van der Waals surface area contributed by atoms with Crippen molar-refractivity contribution >= 4 is 12.4 Å². The fourth-order valence-electron chi connectivity index (χ4n) is 0.765. The molecular weight excluding hydrogens is 156 g/mol. The van der Waals surface area contributed by atoms with E-state index in [-0.39, 0.29) is 23.4 Å².